The fourth-order valence-corrected chi connectivity index (χ4v) is 4.11. The second-order valence-electron chi connectivity index (χ2n) is 6.67. The van der Waals surface area contributed by atoms with Gasteiger partial charge in [-0.15, -0.1) is 0 Å². The molecule has 122 valence electrons. The van der Waals surface area contributed by atoms with Gasteiger partial charge in [-0.05, 0) is 42.2 Å². The zero-order valence-corrected chi connectivity index (χ0v) is 14.4. The van der Waals surface area contributed by atoms with E-state index in [4.69, 9.17) is 4.18 Å². The van der Waals surface area contributed by atoms with Crippen LogP contribution in [0, 0.1) is 17.8 Å². The van der Waals surface area contributed by atoms with Gasteiger partial charge in [-0.3, -0.25) is 4.18 Å². The predicted octanol–water partition coefficient (Wildman–Crippen LogP) is 4.46. The van der Waals surface area contributed by atoms with Crippen LogP contribution >= 0.6 is 0 Å². The third-order valence-electron chi connectivity index (χ3n) is 4.45. The quantitative estimate of drug-likeness (QED) is 0.751. The molecule has 3 nitrogen and oxygen atoms in total. The zero-order chi connectivity index (χ0) is 16.2. The lowest BCUT2D eigenvalue weighted by molar-refractivity contribution is 0.0525. The van der Waals surface area contributed by atoms with Gasteiger partial charge in [0.15, 0.2) is 0 Å². The molecule has 0 N–H and O–H groups in total. The highest BCUT2D eigenvalue weighted by molar-refractivity contribution is 7.89. The molecule has 1 saturated carbocycles. The van der Waals surface area contributed by atoms with Crippen LogP contribution in [-0.2, 0) is 14.3 Å². The summed E-state index contributed by atoms with van der Waals surface area (Å²) in [7, 11) is -3.65. The Balaban J connectivity index is 2.07. The standard InChI is InChI=1S/C18H26O3S/c1-14(2)17-10-9-15(3)13-18(17)21-22(19,20)12-11-16-7-5-4-6-8-16/h4-8,11-12,14-15,17-18H,9-10,13H2,1-3H3/b12-11+/t15-,17+,18-/m1/s1. The topological polar surface area (TPSA) is 43.4 Å². The fourth-order valence-electron chi connectivity index (χ4n) is 3.16. The monoisotopic (exact) mass is 322 g/mol. The summed E-state index contributed by atoms with van der Waals surface area (Å²) < 4.78 is 30.0. The van der Waals surface area contributed by atoms with Crippen molar-refractivity contribution >= 4 is 16.2 Å². The van der Waals surface area contributed by atoms with E-state index in [1.807, 2.05) is 30.3 Å². The first-order valence-corrected chi connectivity index (χ1v) is 9.51. The Kier molecular flexibility index (Phi) is 5.81. The van der Waals surface area contributed by atoms with Crippen molar-refractivity contribution in [1.82, 2.24) is 0 Å². The van der Waals surface area contributed by atoms with Crippen molar-refractivity contribution in [2.45, 2.75) is 46.1 Å². The molecule has 0 aliphatic heterocycles. The van der Waals surface area contributed by atoms with Gasteiger partial charge in [0.05, 0.1) is 11.5 Å². The Morgan fingerprint density at radius 3 is 2.50 bits per heavy atom. The molecule has 2 rings (SSSR count). The lowest BCUT2D eigenvalue weighted by atomic mass is 9.75. The van der Waals surface area contributed by atoms with Crippen molar-refractivity contribution < 1.29 is 12.6 Å². The van der Waals surface area contributed by atoms with Gasteiger partial charge in [0.25, 0.3) is 10.1 Å². The zero-order valence-electron chi connectivity index (χ0n) is 13.6. The van der Waals surface area contributed by atoms with Crippen LogP contribution < -0.4 is 0 Å². The molecule has 0 saturated heterocycles. The van der Waals surface area contributed by atoms with Gasteiger partial charge in [0, 0.05) is 0 Å². The van der Waals surface area contributed by atoms with Crippen LogP contribution in [0.5, 0.6) is 0 Å². The third kappa shape index (κ3) is 4.96. The van der Waals surface area contributed by atoms with Gasteiger partial charge in [0.1, 0.15) is 0 Å². The first kappa shape index (κ1) is 17.2. The summed E-state index contributed by atoms with van der Waals surface area (Å²) in [6.07, 6.45) is 4.41. The SMILES string of the molecule is CC(C)[C@@H]1CC[C@@H](C)C[C@H]1OS(=O)(=O)/C=C/c1ccccc1. The molecule has 4 heteroatoms. The minimum Gasteiger partial charge on any atom is -0.263 e. The maximum atomic E-state index is 12.2. The highest BCUT2D eigenvalue weighted by Gasteiger charge is 2.34. The average molecular weight is 322 g/mol. The molecular formula is C18H26O3S. The Bertz CT molecular complexity index is 590. The second kappa shape index (κ2) is 7.42. The van der Waals surface area contributed by atoms with Crippen molar-refractivity contribution in [2.24, 2.45) is 17.8 Å². The summed E-state index contributed by atoms with van der Waals surface area (Å²) in [5.41, 5.74) is 0.854. The van der Waals surface area contributed by atoms with Crippen molar-refractivity contribution in [3.05, 3.63) is 41.3 Å². The lowest BCUT2D eigenvalue weighted by Gasteiger charge is -2.36. The molecule has 1 aliphatic carbocycles. The number of hydrogen-bond donors (Lipinski definition) is 0. The number of hydrogen-bond acceptors (Lipinski definition) is 3. The first-order valence-electron chi connectivity index (χ1n) is 8.04. The molecule has 1 fully saturated rings. The molecule has 0 bridgehead atoms. The van der Waals surface area contributed by atoms with E-state index >= 15 is 0 Å². The van der Waals surface area contributed by atoms with Crippen LogP contribution in [0.1, 0.15) is 45.6 Å². The van der Waals surface area contributed by atoms with E-state index in [-0.39, 0.29) is 6.10 Å². The molecule has 0 spiro atoms. The fraction of sp³-hybridized carbons (Fsp3) is 0.556. The van der Waals surface area contributed by atoms with Crippen LogP contribution in [0.4, 0.5) is 0 Å². The Morgan fingerprint density at radius 2 is 1.86 bits per heavy atom. The Morgan fingerprint density at radius 1 is 1.18 bits per heavy atom. The summed E-state index contributed by atoms with van der Waals surface area (Å²) >= 11 is 0. The van der Waals surface area contributed by atoms with E-state index in [1.165, 1.54) is 5.41 Å². The maximum absolute atomic E-state index is 12.2. The molecule has 1 aliphatic rings. The van der Waals surface area contributed by atoms with Crippen molar-refractivity contribution in [3.8, 4) is 0 Å². The first-order chi connectivity index (χ1) is 10.4. The molecule has 0 radical (unpaired) electrons. The van der Waals surface area contributed by atoms with E-state index in [0.29, 0.717) is 17.8 Å². The number of rotatable bonds is 5. The van der Waals surface area contributed by atoms with Crippen molar-refractivity contribution in [3.63, 3.8) is 0 Å². The van der Waals surface area contributed by atoms with Gasteiger partial charge in [-0.25, -0.2) is 0 Å². The Labute approximate surface area is 134 Å². The predicted molar refractivity (Wildman–Crippen MR) is 90.6 cm³/mol. The normalized spacial score (nSPS) is 26.6. The molecule has 0 unspecified atom stereocenters. The lowest BCUT2D eigenvalue weighted by Crippen LogP contribution is -2.35. The Hall–Kier alpha value is -1.13. The van der Waals surface area contributed by atoms with Gasteiger partial charge >= 0.3 is 0 Å². The van der Waals surface area contributed by atoms with Gasteiger partial charge in [0.2, 0.25) is 0 Å². The minimum atomic E-state index is -3.65. The van der Waals surface area contributed by atoms with Crippen LogP contribution in [0.25, 0.3) is 6.08 Å². The van der Waals surface area contributed by atoms with Crippen LogP contribution in [-0.4, -0.2) is 14.5 Å². The van der Waals surface area contributed by atoms with Gasteiger partial charge < -0.3 is 0 Å². The highest BCUT2D eigenvalue weighted by Crippen LogP contribution is 2.36. The smallest absolute Gasteiger partial charge is 0.263 e. The maximum Gasteiger partial charge on any atom is 0.290 e. The highest BCUT2D eigenvalue weighted by atomic mass is 32.2. The summed E-state index contributed by atoms with van der Waals surface area (Å²) in [4.78, 5) is 0. The molecule has 0 aromatic heterocycles. The summed E-state index contributed by atoms with van der Waals surface area (Å²) in [6, 6.07) is 9.39. The molecule has 0 amide bonds. The molecule has 3 atom stereocenters. The summed E-state index contributed by atoms with van der Waals surface area (Å²) in [6.45, 7) is 6.45. The summed E-state index contributed by atoms with van der Waals surface area (Å²) in [5.74, 6) is 1.27. The van der Waals surface area contributed by atoms with E-state index in [1.54, 1.807) is 6.08 Å². The van der Waals surface area contributed by atoms with Crippen molar-refractivity contribution in [2.75, 3.05) is 0 Å². The minimum absolute atomic E-state index is 0.200. The van der Waals surface area contributed by atoms with E-state index in [2.05, 4.69) is 20.8 Å². The average Bonchev–Trinajstić information content (AvgIpc) is 2.46. The third-order valence-corrected chi connectivity index (χ3v) is 5.43. The van der Waals surface area contributed by atoms with Crippen molar-refractivity contribution in [1.29, 1.82) is 0 Å². The van der Waals surface area contributed by atoms with Gasteiger partial charge in [-0.1, -0.05) is 57.5 Å². The van der Waals surface area contributed by atoms with Crippen LogP contribution in [0.3, 0.4) is 0 Å². The molecule has 1 aromatic rings. The molecular weight excluding hydrogens is 296 g/mol. The van der Waals surface area contributed by atoms with Crippen LogP contribution in [0.15, 0.2) is 35.7 Å². The largest absolute Gasteiger partial charge is 0.290 e. The molecule has 1 aromatic carbocycles. The summed E-state index contributed by atoms with van der Waals surface area (Å²) in [5, 5.41) is 1.18. The second-order valence-corrected chi connectivity index (χ2v) is 8.12. The van der Waals surface area contributed by atoms with Crippen LogP contribution in [0.2, 0.25) is 0 Å². The van der Waals surface area contributed by atoms with Gasteiger partial charge in [-0.2, -0.15) is 8.42 Å². The molecule has 0 heterocycles. The van der Waals surface area contributed by atoms with E-state index in [0.717, 1.165) is 24.8 Å². The number of benzene rings is 1. The van der Waals surface area contributed by atoms with E-state index < -0.39 is 10.1 Å². The molecule has 22 heavy (non-hydrogen) atoms. The van der Waals surface area contributed by atoms with E-state index in [9.17, 15) is 8.42 Å².